The minimum Gasteiger partial charge on any atom is -0.287 e. The highest BCUT2D eigenvalue weighted by atomic mass is 79.9. The van der Waals surface area contributed by atoms with Crippen molar-refractivity contribution in [3.05, 3.63) is 32.8 Å². The zero-order valence-electron chi connectivity index (χ0n) is 6.32. The van der Waals surface area contributed by atoms with Crippen LogP contribution in [0.15, 0.2) is 22.7 Å². The minimum atomic E-state index is -0.440. The number of rotatable bonds is 2. The molecule has 1 aromatic rings. The summed E-state index contributed by atoms with van der Waals surface area (Å²) in [6, 6.07) is 4.46. The second-order valence-electron chi connectivity index (χ2n) is 2.12. The molecule has 0 bridgehead atoms. The highest BCUT2D eigenvalue weighted by Gasteiger charge is 2.07. The number of halogens is 1. The summed E-state index contributed by atoms with van der Waals surface area (Å²) in [4.78, 5) is 9.87. The minimum absolute atomic E-state index is 0.0641. The van der Waals surface area contributed by atoms with E-state index in [4.69, 9.17) is 0 Å². The molecule has 63 valence electrons. The quantitative estimate of drug-likeness (QED) is 0.577. The predicted octanol–water partition coefficient (Wildman–Crippen LogP) is 2.22. The van der Waals surface area contributed by atoms with Crippen LogP contribution in [-0.4, -0.2) is 12.0 Å². The molecular weight excluding hydrogens is 224 g/mol. The second-order valence-corrected chi connectivity index (χ2v) is 2.97. The third-order valence-corrected chi connectivity index (χ3v) is 2.02. The topological polar surface area (TPSA) is 57.2 Å². The molecule has 0 aliphatic rings. The van der Waals surface area contributed by atoms with Gasteiger partial charge in [-0.3, -0.25) is 15.4 Å². The highest BCUT2D eigenvalue weighted by molar-refractivity contribution is 9.10. The summed E-state index contributed by atoms with van der Waals surface area (Å²) in [6.07, 6.45) is 0. The molecule has 0 saturated carbocycles. The van der Waals surface area contributed by atoms with Crippen molar-refractivity contribution in [1.82, 2.24) is 5.32 Å². The fourth-order valence-electron chi connectivity index (χ4n) is 0.791. The Morgan fingerprint density at radius 2 is 2.25 bits per heavy atom. The van der Waals surface area contributed by atoms with Crippen LogP contribution < -0.4 is 5.32 Å². The van der Waals surface area contributed by atoms with E-state index in [-0.39, 0.29) is 5.69 Å². The monoisotopic (exact) mass is 229 g/mol. The van der Waals surface area contributed by atoms with E-state index in [0.717, 1.165) is 0 Å². The third kappa shape index (κ3) is 1.73. The summed E-state index contributed by atoms with van der Waals surface area (Å²) in [5, 5.41) is 14.2. The van der Waals surface area contributed by atoms with Crippen LogP contribution in [0.2, 0.25) is 0 Å². The number of benzene rings is 1. The van der Waals surface area contributed by atoms with Gasteiger partial charge < -0.3 is 0 Å². The normalized spacial score (nSPS) is 9.50. The van der Waals surface area contributed by atoms with Crippen LogP contribution in [0.4, 0.5) is 11.4 Å². The number of nitro benzene ring substituents is 1. The van der Waals surface area contributed by atoms with Gasteiger partial charge in [-0.15, -0.1) is 0 Å². The first-order valence-corrected chi connectivity index (χ1v) is 3.98. The third-order valence-electron chi connectivity index (χ3n) is 1.38. The molecule has 12 heavy (non-hydrogen) atoms. The SMILES string of the molecule is C[N]c1ccc([N+](=O)[O-])cc1Br. The van der Waals surface area contributed by atoms with Gasteiger partial charge in [-0.1, -0.05) is 0 Å². The Labute approximate surface area is 77.9 Å². The van der Waals surface area contributed by atoms with Crippen LogP contribution in [0.3, 0.4) is 0 Å². The average Bonchev–Trinajstić information content (AvgIpc) is 2.04. The fourth-order valence-corrected chi connectivity index (χ4v) is 1.33. The summed E-state index contributed by atoms with van der Waals surface area (Å²) < 4.78 is 0.638. The number of non-ortho nitro benzene ring substituents is 1. The van der Waals surface area contributed by atoms with Crippen LogP contribution in [0, 0.1) is 10.1 Å². The zero-order chi connectivity index (χ0) is 9.14. The van der Waals surface area contributed by atoms with E-state index in [1.54, 1.807) is 13.1 Å². The van der Waals surface area contributed by atoms with E-state index < -0.39 is 4.92 Å². The lowest BCUT2D eigenvalue weighted by Crippen LogP contribution is -1.91. The molecule has 0 aromatic heterocycles. The van der Waals surface area contributed by atoms with Gasteiger partial charge in [0.25, 0.3) is 5.69 Å². The molecule has 1 radical (unpaired) electrons. The molecule has 0 aliphatic heterocycles. The Morgan fingerprint density at radius 3 is 2.67 bits per heavy atom. The summed E-state index contributed by atoms with van der Waals surface area (Å²) in [5.74, 6) is 0. The molecule has 0 unspecified atom stereocenters. The largest absolute Gasteiger partial charge is 0.287 e. The van der Waals surface area contributed by atoms with Gasteiger partial charge in [0, 0.05) is 23.7 Å². The van der Waals surface area contributed by atoms with Crippen LogP contribution in [0.5, 0.6) is 0 Å². The summed E-state index contributed by atoms with van der Waals surface area (Å²) in [6.45, 7) is 0. The lowest BCUT2D eigenvalue weighted by Gasteiger charge is -1.99. The van der Waals surface area contributed by atoms with E-state index in [1.165, 1.54) is 12.1 Å². The average molecular weight is 230 g/mol. The molecule has 0 fully saturated rings. The Morgan fingerprint density at radius 1 is 1.58 bits per heavy atom. The smallest absolute Gasteiger partial charge is 0.270 e. The van der Waals surface area contributed by atoms with Crippen molar-refractivity contribution in [1.29, 1.82) is 0 Å². The zero-order valence-corrected chi connectivity index (χ0v) is 7.91. The molecule has 0 saturated heterocycles. The number of hydrogen-bond acceptors (Lipinski definition) is 2. The van der Waals surface area contributed by atoms with Crippen LogP contribution in [0.1, 0.15) is 0 Å². The van der Waals surface area contributed by atoms with Gasteiger partial charge in [0.15, 0.2) is 0 Å². The standard InChI is InChI=1S/C7H6BrN2O2/c1-9-7-3-2-5(10(11)12)4-6(7)8/h2-4H,1H3. The Bertz CT molecular complexity index is 314. The number of nitro groups is 1. The van der Waals surface area contributed by atoms with Gasteiger partial charge in [0.2, 0.25) is 0 Å². The van der Waals surface area contributed by atoms with E-state index in [9.17, 15) is 10.1 Å². The van der Waals surface area contributed by atoms with Crippen LogP contribution in [-0.2, 0) is 0 Å². The van der Waals surface area contributed by atoms with Crippen molar-refractivity contribution in [2.75, 3.05) is 7.05 Å². The number of hydrogen-bond donors (Lipinski definition) is 0. The Balaban J connectivity index is 3.10. The van der Waals surface area contributed by atoms with Gasteiger partial charge in [-0.05, 0) is 22.0 Å². The molecule has 0 N–H and O–H groups in total. The number of nitrogens with zero attached hydrogens (tertiary/aromatic N) is 2. The van der Waals surface area contributed by atoms with Crippen LogP contribution in [0.25, 0.3) is 0 Å². The maximum absolute atomic E-state index is 10.3. The van der Waals surface area contributed by atoms with E-state index in [2.05, 4.69) is 21.2 Å². The van der Waals surface area contributed by atoms with E-state index in [0.29, 0.717) is 10.2 Å². The molecule has 0 spiro atoms. The van der Waals surface area contributed by atoms with Crippen molar-refractivity contribution in [3.63, 3.8) is 0 Å². The van der Waals surface area contributed by atoms with Gasteiger partial charge in [-0.2, -0.15) is 0 Å². The van der Waals surface area contributed by atoms with Crippen molar-refractivity contribution in [2.24, 2.45) is 0 Å². The van der Waals surface area contributed by atoms with E-state index in [1.807, 2.05) is 0 Å². The lowest BCUT2D eigenvalue weighted by atomic mass is 10.3. The maximum atomic E-state index is 10.3. The molecule has 1 rings (SSSR count). The summed E-state index contributed by atoms with van der Waals surface area (Å²) in [7, 11) is 1.63. The Hall–Kier alpha value is -1.10. The second kappa shape index (κ2) is 3.53. The molecule has 0 atom stereocenters. The van der Waals surface area contributed by atoms with E-state index >= 15 is 0 Å². The van der Waals surface area contributed by atoms with Crippen LogP contribution >= 0.6 is 15.9 Å². The molecule has 1 aromatic carbocycles. The first kappa shape index (κ1) is 8.99. The first-order valence-electron chi connectivity index (χ1n) is 3.19. The first-order chi connectivity index (χ1) is 5.65. The van der Waals surface area contributed by atoms with Crippen molar-refractivity contribution in [2.45, 2.75) is 0 Å². The fraction of sp³-hybridized carbons (Fsp3) is 0.143. The summed E-state index contributed by atoms with van der Waals surface area (Å²) in [5.41, 5.74) is 0.773. The molecule has 5 heteroatoms. The predicted molar refractivity (Wildman–Crippen MR) is 48.5 cm³/mol. The Kier molecular flexibility index (Phi) is 2.65. The van der Waals surface area contributed by atoms with Gasteiger partial charge in [0.1, 0.15) is 0 Å². The maximum Gasteiger partial charge on any atom is 0.270 e. The van der Waals surface area contributed by atoms with Crippen molar-refractivity contribution < 1.29 is 4.92 Å². The lowest BCUT2D eigenvalue weighted by molar-refractivity contribution is -0.384. The van der Waals surface area contributed by atoms with Gasteiger partial charge in [0.05, 0.1) is 10.6 Å². The molecule has 0 heterocycles. The molecule has 0 aliphatic carbocycles. The molecule has 0 amide bonds. The highest BCUT2D eigenvalue weighted by Crippen LogP contribution is 2.26. The molecule has 4 nitrogen and oxygen atoms in total. The molecular formula is C7H6BrN2O2. The van der Waals surface area contributed by atoms with Gasteiger partial charge >= 0.3 is 0 Å². The van der Waals surface area contributed by atoms with Crippen molar-refractivity contribution in [3.8, 4) is 0 Å². The summed E-state index contributed by atoms with van der Waals surface area (Å²) >= 11 is 3.18. The van der Waals surface area contributed by atoms with Gasteiger partial charge in [-0.25, -0.2) is 0 Å². The van der Waals surface area contributed by atoms with Crippen molar-refractivity contribution >= 4 is 27.3 Å².